The third kappa shape index (κ3) is 35.0. The SMILES string of the molecule is O=[Si](O)O.[KH].[PbH2]. The first-order valence-corrected chi connectivity index (χ1v) is 1.95. The zero-order valence-electron chi connectivity index (χ0n) is 2.51. The first-order chi connectivity index (χ1) is 1.73. The van der Waals surface area contributed by atoms with Crippen molar-refractivity contribution in [2.45, 2.75) is 0 Å². The molecule has 6 heteroatoms. The van der Waals surface area contributed by atoms with Crippen LogP contribution in [0.15, 0.2) is 0 Å². The van der Waals surface area contributed by atoms with E-state index in [2.05, 4.69) is 0 Å². The summed E-state index contributed by atoms with van der Waals surface area (Å²) >= 11 is 0. The molecule has 0 aliphatic rings. The molecular weight excluding hydrogens is 322 g/mol. The van der Waals surface area contributed by atoms with Crippen molar-refractivity contribution < 1.29 is 14.1 Å². The van der Waals surface area contributed by atoms with E-state index < -0.39 is 9.17 Å². The van der Waals surface area contributed by atoms with Crippen molar-refractivity contribution in [3.63, 3.8) is 0 Å². The van der Waals surface area contributed by atoms with Gasteiger partial charge in [0, 0.05) is 0 Å². The molecule has 0 atom stereocenters. The van der Waals surface area contributed by atoms with Crippen LogP contribution < -0.4 is 0 Å². The zero-order valence-corrected chi connectivity index (χ0v) is 9.01. The molecule has 32 valence electrons. The number of rotatable bonds is 0. The molecule has 0 fully saturated rings. The molecule has 0 saturated carbocycles. The van der Waals surface area contributed by atoms with Crippen LogP contribution in [-0.2, 0) is 4.46 Å². The van der Waals surface area contributed by atoms with E-state index in [1.807, 2.05) is 0 Å². The fraction of sp³-hybridized carbons (Fsp3) is 0. The van der Waals surface area contributed by atoms with Crippen molar-refractivity contribution >= 4 is 87.9 Å². The predicted octanol–water partition coefficient (Wildman–Crippen LogP) is -3.18. The van der Waals surface area contributed by atoms with Crippen LogP contribution in [-0.4, -0.2) is 97.4 Å². The molecule has 2 N–H and O–H groups in total. The van der Waals surface area contributed by atoms with E-state index in [4.69, 9.17) is 14.1 Å². The van der Waals surface area contributed by atoms with Gasteiger partial charge in [0.05, 0.1) is 0 Å². The molecule has 0 amide bonds. The van der Waals surface area contributed by atoms with Crippen molar-refractivity contribution in [2.24, 2.45) is 0 Å². The van der Waals surface area contributed by atoms with Gasteiger partial charge in [-0.05, 0) is 0 Å². The van der Waals surface area contributed by atoms with E-state index >= 15 is 0 Å². The second-order valence-electron chi connectivity index (χ2n) is 0.283. The van der Waals surface area contributed by atoms with Gasteiger partial charge in [-0.15, -0.1) is 0 Å². The van der Waals surface area contributed by atoms with Gasteiger partial charge in [0.25, 0.3) is 0 Å². The van der Waals surface area contributed by atoms with Gasteiger partial charge in [0.1, 0.15) is 0 Å². The fourth-order valence-corrected chi connectivity index (χ4v) is 0. The van der Waals surface area contributed by atoms with Crippen molar-refractivity contribution in [1.29, 1.82) is 0 Å². The molecule has 2 radical (unpaired) electrons. The molecule has 0 heterocycles. The Morgan fingerprint density at radius 1 is 1.33 bits per heavy atom. The van der Waals surface area contributed by atoms with Gasteiger partial charge in [-0.2, -0.15) is 0 Å². The van der Waals surface area contributed by atoms with E-state index in [-0.39, 0.29) is 78.7 Å². The van der Waals surface area contributed by atoms with E-state index in [0.717, 1.165) is 0 Å². The number of hydrogen-bond donors (Lipinski definition) is 2. The van der Waals surface area contributed by atoms with Gasteiger partial charge in [-0.1, -0.05) is 0 Å². The Kier molecular flexibility index (Phi) is 26.8. The van der Waals surface area contributed by atoms with Gasteiger partial charge >= 0.3 is 87.9 Å². The molecule has 6 heavy (non-hydrogen) atoms. The van der Waals surface area contributed by atoms with Crippen molar-refractivity contribution in [1.82, 2.24) is 0 Å². The zero-order chi connectivity index (χ0) is 3.58. The van der Waals surface area contributed by atoms with Gasteiger partial charge in [-0.25, -0.2) is 0 Å². The van der Waals surface area contributed by atoms with Crippen LogP contribution in [0, 0.1) is 0 Å². The summed E-state index contributed by atoms with van der Waals surface area (Å²) < 4.78 is 8.74. The van der Waals surface area contributed by atoms with Crippen molar-refractivity contribution in [2.75, 3.05) is 0 Å². The third-order valence-corrected chi connectivity index (χ3v) is 0. The molecule has 0 aromatic carbocycles. The predicted molar refractivity (Wildman–Crippen MR) is 26.6 cm³/mol. The molecule has 0 saturated heterocycles. The second kappa shape index (κ2) is 10.2. The van der Waals surface area contributed by atoms with E-state index in [9.17, 15) is 0 Å². The van der Waals surface area contributed by atoms with Crippen LogP contribution in [0.1, 0.15) is 0 Å². The van der Waals surface area contributed by atoms with Gasteiger partial charge < -0.3 is 9.59 Å². The molecule has 0 spiro atoms. The normalized spacial score (nSPS) is 4.00. The minimum absolute atomic E-state index is 0. The molecule has 0 rings (SSSR count). The fourth-order valence-electron chi connectivity index (χ4n) is 0. The molecule has 0 aliphatic carbocycles. The van der Waals surface area contributed by atoms with Crippen LogP contribution in [0.25, 0.3) is 0 Å². The molecule has 0 aromatic rings. The number of hydrogen-bond acceptors (Lipinski definition) is 1. The Bertz CT molecular complexity index is 33.8. The summed E-state index contributed by atoms with van der Waals surface area (Å²) in [7, 11) is -3.13. The van der Waals surface area contributed by atoms with E-state index in [0.29, 0.717) is 0 Å². The Morgan fingerprint density at radius 2 is 1.33 bits per heavy atom. The maximum absolute atomic E-state index is 8.74. The molecule has 3 nitrogen and oxygen atoms in total. The summed E-state index contributed by atoms with van der Waals surface area (Å²) in [6, 6.07) is 0. The Labute approximate surface area is 99.6 Å². The van der Waals surface area contributed by atoms with Crippen LogP contribution in [0.3, 0.4) is 0 Å². The van der Waals surface area contributed by atoms with Crippen LogP contribution in [0.2, 0.25) is 0 Å². The maximum atomic E-state index is 8.74. The molecule has 0 aliphatic heterocycles. The van der Waals surface area contributed by atoms with Gasteiger partial charge in [0.15, 0.2) is 0 Å². The molecule has 0 aromatic heterocycles. The van der Waals surface area contributed by atoms with Gasteiger partial charge in [-0.3, -0.25) is 4.46 Å². The monoisotopic (exact) mass is 328 g/mol. The average Bonchev–Trinajstić information content (AvgIpc) is 0.811. The van der Waals surface area contributed by atoms with Crippen LogP contribution >= 0.6 is 0 Å². The van der Waals surface area contributed by atoms with Crippen LogP contribution in [0.4, 0.5) is 0 Å². The van der Waals surface area contributed by atoms with Gasteiger partial charge in [0.2, 0.25) is 0 Å². The summed E-state index contributed by atoms with van der Waals surface area (Å²) in [5, 5.41) is 0. The summed E-state index contributed by atoms with van der Waals surface area (Å²) in [5.74, 6) is 0. The van der Waals surface area contributed by atoms with E-state index in [1.54, 1.807) is 0 Å². The summed E-state index contributed by atoms with van der Waals surface area (Å²) in [6.07, 6.45) is 0. The van der Waals surface area contributed by atoms with Crippen molar-refractivity contribution in [3.05, 3.63) is 0 Å². The minimum atomic E-state index is -3.13. The van der Waals surface area contributed by atoms with Crippen LogP contribution in [0.5, 0.6) is 0 Å². The standard InChI is InChI=1S/K.H2O3Si.Pb.3H/c;1-4(2)3;;;;/h;1-2H;;;;. The van der Waals surface area contributed by atoms with Crippen molar-refractivity contribution in [3.8, 4) is 0 Å². The molecule has 0 bridgehead atoms. The summed E-state index contributed by atoms with van der Waals surface area (Å²) in [5.41, 5.74) is 0. The Morgan fingerprint density at radius 3 is 1.33 bits per heavy atom. The quantitative estimate of drug-likeness (QED) is 0.462. The first kappa shape index (κ1) is 15.7. The average molecular weight is 327 g/mol. The molecule has 0 unspecified atom stereocenters. The third-order valence-electron chi connectivity index (χ3n) is 0. The summed E-state index contributed by atoms with van der Waals surface area (Å²) in [6.45, 7) is 0. The topological polar surface area (TPSA) is 57.5 Å². The first-order valence-electron chi connectivity index (χ1n) is 0.651. The second-order valence-corrected chi connectivity index (χ2v) is 0.848. The molecular formula is H5KO3PbSi. The summed E-state index contributed by atoms with van der Waals surface area (Å²) in [4.78, 5) is 14.3. The van der Waals surface area contributed by atoms with E-state index in [1.165, 1.54) is 0 Å². The Hall–Kier alpha value is 2.18. The Balaban J connectivity index is -0.0000000450.